The Morgan fingerprint density at radius 3 is 2.53 bits per heavy atom. The molecule has 1 aromatic rings. The van der Waals surface area contributed by atoms with Crippen molar-refractivity contribution in [3.05, 3.63) is 35.9 Å². The van der Waals surface area contributed by atoms with E-state index in [9.17, 15) is 4.79 Å². The van der Waals surface area contributed by atoms with Crippen LogP contribution in [0.3, 0.4) is 0 Å². The van der Waals surface area contributed by atoms with Crippen LogP contribution in [0.2, 0.25) is 0 Å². The quantitative estimate of drug-likeness (QED) is 0.554. The summed E-state index contributed by atoms with van der Waals surface area (Å²) in [5.41, 5.74) is 0.201. The SMILES string of the molecule is C#CC(C)(Cc1ccccc1)OC(C)=O. The third-order valence-electron chi connectivity index (χ3n) is 2.06. The Balaban J connectivity index is 2.78. The summed E-state index contributed by atoms with van der Waals surface area (Å²) in [4.78, 5) is 10.9. The molecule has 0 bridgehead atoms. The van der Waals surface area contributed by atoms with Crippen LogP contribution in [0.5, 0.6) is 0 Å². The predicted molar refractivity (Wildman–Crippen MR) is 59.2 cm³/mol. The summed E-state index contributed by atoms with van der Waals surface area (Å²) < 4.78 is 5.12. The fraction of sp³-hybridized carbons (Fsp3) is 0.308. The van der Waals surface area contributed by atoms with E-state index < -0.39 is 5.60 Å². The van der Waals surface area contributed by atoms with Gasteiger partial charge in [0.05, 0.1) is 0 Å². The molecule has 78 valence electrons. The number of carbonyl (C=O) groups is 1. The van der Waals surface area contributed by atoms with Gasteiger partial charge in [0.15, 0.2) is 5.60 Å². The maximum atomic E-state index is 10.9. The summed E-state index contributed by atoms with van der Waals surface area (Å²) in [6, 6.07) is 9.71. The summed E-state index contributed by atoms with van der Waals surface area (Å²) in [5, 5.41) is 0. The minimum atomic E-state index is -0.854. The van der Waals surface area contributed by atoms with Crippen molar-refractivity contribution >= 4 is 5.97 Å². The molecule has 2 nitrogen and oxygen atoms in total. The first-order valence-electron chi connectivity index (χ1n) is 4.77. The van der Waals surface area contributed by atoms with Gasteiger partial charge in [-0.15, -0.1) is 6.42 Å². The molecular weight excluding hydrogens is 188 g/mol. The minimum absolute atomic E-state index is 0.355. The Morgan fingerprint density at radius 1 is 1.47 bits per heavy atom. The second-order valence-corrected chi connectivity index (χ2v) is 3.63. The maximum Gasteiger partial charge on any atom is 0.304 e. The molecule has 1 atom stereocenters. The first kappa shape index (κ1) is 11.3. The zero-order valence-corrected chi connectivity index (χ0v) is 8.99. The molecule has 0 spiro atoms. The third-order valence-corrected chi connectivity index (χ3v) is 2.06. The normalized spacial score (nSPS) is 13.7. The van der Waals surface area contributed by atoms with Gasteiger partial charge in [-0.25, -0.2) is 0 Å². The third kappa shape index (κ3) is 3.47. The lowest BCUT2D eigenvalue weighted by atomic mass is 9.97. The Bertz CT molecular complexity index is 375. The first-order valence-corrected chi connectivity index (χ1v) is 4.77. The molecule has 0 heterocycles. The van der Waals surface area contributed by atoms with Gasteiger partial charge in [0.1, 0.15) is 0 Å². The van der Waals surface area contributed by atoms with Crippen molar-refractivity contribution in [2.24, 2.45) is 0 Å². The average Bonchev–Trinajstić information content (AvgIpc) is 2.18. The van der Waals surface area contributed by atoms with Gasteiger partial charge in [-0.2, -0.15) is 0 Å². The van der Waals surface area contributed by atoms with E-state index in [2.05, 4.69) is 5.92 Å². The molecule has 1 aromatic carbocycles. The van der Waals surface area contributed by atoms with Gasteiger partial charge in [-0.3, -0.25) is 4.79 Å². The van der Waals surface area contributed by atoms with Crippen molar-refractivity contribution < 1.29 is 9.53 Å². The summed E-state index contributed by atoms with van der Waals surface area (Å²) in [6.07, 6.45) is 5.91. The van der Waals surface area contributed by atoms with Crippen molar-refractivity contribution in [1.29, 1.82) is 0 Å². The fourth-order valence-electron chi connectivity index (χ4n) is 1.42. The van der Waals surface area contributed by atoms with Crippen LogP contribution in [-0.2, 0) is 16.0 Å². The molecular formula is C13H14O2. The predicted octanol–water partition coefficient (Wildman–Crippen LogP) is 2.18. The van der Waals surface area contributed by atoms with E-state index >= 15 is 0 Å². The highest BCUT2D eigenvalue weighted by molar-refractivity contribution is 5.67. The van der Waals surface area contributed by atoms with Crippen LogP contribution >= 0.6 is 0 Å². The number of hydrogen-bond acceptors (Lipinski definition) is 2. The van der Waals surface area contributed by atoms with E-state index in [1.165, 1.54) is 6.92 Å². The fourth-order valence-corrected chi connectivity index (χ4v) is 1.42. The number of carbonyl (C=O) groups excluding carboxylic acids is 1. The second-order valence-electron chi connectivity index (χ2n) is 3.63. The Labute approximate surface area is 90.3 Å². The number of terminal acetylenes is 1. The van der Waals surface area contributed by atoms with Crippen LogP contribution in [0.4, 0.5) is 0 Å². The van der Waals surface area contributed by atoms with Crippen LogP contribution in [0.15, 0.2) is 30.3 Å². The molecule has 0 saturated heterocycles. The largest absolute Gasteiger partial charge is 0.446 e. The van der Waals surface area contributed by atoms with E-state index in [0.29, 0.717) is 6.42 Å². The van der Waals surface area contributed by atoms with Crippen molar-refractivity contribution in [2.75, 3.05) is 0 Å². The van der Waals surface area contributed by atoms with Gasteiger partial charge in [-0.1, -0.05) is 36.3 Å². The lowest BCUT2D eigenvalue weighted by molar-refractivity contribution is -0.150. The smallest absolute Gasteiger partial charge is 0.304 e. The molecule has 0 aliphatic rings. The van der Waals surface area contributed by atoms with Crippen molar-refractivity contribution in [3.8, 4) is 12.3 Å². The molecule has 0 fully saturated rings. The number of ether oxygens (including phenoxy) is 1. The van der Waals surface area contributed by atoms with E-state index in [0.717, 1.165) is 5.56 Å². The molecule has 1 rings (SSSR count). The van der Waals surface area contributed by atoms with Crippen LogP contribution < -0.4 is 0 Å². The molecule has 2 heteroatoms. The van der Waals surface area contributed by atoms with Crippen LogP contribution in [-0.4, -0.2) is 11.6 Å². The zero-order chi connectivity index (χ0) is 11.3. The number of esters is 1. The van der Waals surface area contributed by atoms with Gasteiger partial charge in [-0.05, 0) is 12.5 Å². The summed E-state index contributed by atoms with van der Waals surface area (Å²) in [6.45, 7) is 3.10. The standard InChI is InChI=1S/C13H14O2/c1-4-13(3,15-11(2)14)10-12-8-6-5-7-9-12/h1,5-9H,10H2,2-3H3. The van der Waals surface area contributed by atoms with Gasteiger partial charge < -0.3 is 4.74 Å². The summed E-state index contributed by atoms with van der Waals surface area (Å²) in [5.74, 6) is 2.16. The van der Waals surface area contributed by atoms with Crippen LogP contribution in [0.1, 0.15) is 19.4 Å². The Kier molecular flexibility index (Phi) is 3.51. The Hall–Kier alpha value is -1.75. The van der Waals surface area contributed by atoms with Crippen molar-refractivity contribution in [3.63, 3.8) is 0 Å². The van der Waals surface area contributed by atoms with E-state index in [1.54, 1.807) is 6.92 Å². The first-order chi connectivity index (χ1) is 7.06. The van der Waals surface area contributed by atoms with Crippen molar-refractivity contribution in [1.82, 2.24) is 0 Å². The monoisotopic (exact) mass is 202 g/mol. The summed E-state index contributed by atoms with van der Waals surface area (Å²) in [7, 11) is 0. The molecule has 0 aliphatic heterocycles. The highest BCUT2D eigenvalue weighted by Crippen LogP contribution is 2.16. The molecule has 0 N–H and O–H groups in total. The zero-order valence-electron chi connectivity index (χ0n) is 8.99. The molecule has 0 amide bonds. The van der Waals surface area contributed by atoms with Gasteiger partial charge in [0, 0.05) is 13.3 Å². The molecule has 1 unspecified atom stereocenters. The van der Waals surface area contributed by atoms with Crippen LogP contribution in [0.25, 0.3) is 0 Å². The van der Waals surface area contributed by atoms with Gasteiger partial charge >= 0.3 is 5.97 Å². The number of benzene rings is 1. The lowest BCUT2D eigenvalue weighted by Gasteiger charge is -2.23. The Morgan fingerprint density at radius 2 is 2.07 bits per heavy atom. The van der Waals surface area contributed by atoms with Gasteiger partial charge in [0.25, 0.3) is 0 Å². The van der Waals surface area contributed by atoms with E-state index in [4.69, 9.17) is 11.2 Å². The van der Waals surface area contributed by atoms with Gasteiger partial charge in [0.2, 0.25) is 0 Å². The molecule has 0 aliphatic carbocycles. The second kappa shape index (κ2) is 4.65. The van der Waals surface area contributed by atoms with Crippen molar-refractivity contribution in [2.45, 2.75) is 25.9 Å². The highest BCUT2D eigenvalue weighted by atomic mass is 16.6. The van der Waals surface area contributed by atoms with E-state index in [1.807, 2.05) is 30.3 Å². The van der Waals surface area contributed by atoms with E-state index in [-0.39, 0.29) is 5.97 Å². The minimum Gasteiger partial charge on any atom is -0.446 e. The molecule has 0 aromatic heterocycles. The topological polar surface area (TPSA) is 26.3 Å². The molecule has 15 heavy (non-hydrogen) atoms. The van der Waals surface area contributed by atoms with Crippen LogP contribution in [0, 0.1) is 12.3 Å². The molecule has 0 radical (unpaired) electrons. The molecule has 0 saturated carbocycles. The number of hydrogen-bond donors (Lipinski definition) is 0. The maximum absolute atomic E-state index is 10.9. The highest BCUT2D eigenvalue weighted by Gasteiger charge is 2.24. The number of rotatable bonds is 3. The average molecular weight is 202 g/mol. The summed E-state index contributed by atoms with van der Waals surface area (Å²) >= 11 is 0. The lowest BCUT2D eigenvalue weighted by Crippen LogP contribution is -2.31.